The second-order valence-electron chi connectivity index (χ2n) is 13.3. The number of rotatable bonds is 5. The Bertz CT molecular complexity index is 3090. The number of para-hydroxylation sites is 4. The van der Waals surface area contributed by atoms with Crippen LogP contribution in [0.5, 0.6) is 0 Å². The average molecular weight is 684 g/mol. The molecule has 0 amide bonds. The molecule has 0 aliphatic heterocycles. The number of anilines is 3. The molecule has 11 rings (SSSR count). The van der Waals surface area contributed by atoms with Gasteiger partial charge in [0.25, 0.3) is 0 Å². The minimum absolute atomic E-state index is 0.870. The molecule has 0 saturated heterocycles. The topological polar surface area (TPSA) is 29.5 Å². The highest BCUT2D eigenvalue weighted by Crippen LogP contribution is 2.43. The first kappa shape index (κ1) is 29.1. The smallest absolute Gasteiger partial charge is 0.143 e. The van der Waals surface area contributed by atoms with Crippen molar-refractivity contribution in [2.75, 3.05) is 4.90 Å². The van der Waals surface area contributed by atoms with Crippen molar-refractivity contribution in [3.63, 3.8) is 0 Å². The maximum atomic E-state index is 6.59. The summed E-state index contributed by atoms with van der Waals surface area (Å²) in [4.78, 5) is 2.26. The standard InChI is InChI=1S/C48H29NO2S/c1-3-10-33(11-4-1)49(34-12-5-2-6-13-34)35-21-24-39-38-22-18-31(27-44(38)50-45(39)29-35)30-20-25-46-42(26-30)40-23-19-32(28-47(40)52-46)36-15-9-16-41-37-14-7-8-17-43(37)51-48(36)41/h1-29H. The molecule has 52 heavy (non-hydrogen) atoms. The monoisotopic (exact) mass is 683 g/mol. The Morgan fingerprint density at radius 3 is 1.81 bits per heavy atom. The highest BCUT2D eigenvalue weighted by Gasteiger charge is 2.17. The number of nitrogens with zero attached hydrogens (tertiary/aromatic N) is 1. The number of fused-ring (bicyclic) bond motifs is 9. The second kappa shape index (κ2) is 11.5. The van der Waals surface area contributed by atoms with Crippen LogP contribution in [0.2, 0.25) is 0 Å². The minimum atomic E-state index is 0.870. The van der Waals surface area contributed by atoms with E-state index in [0.29, 0.717) is 0 Å². The van der Waals surface area contributed by atoms with Gasteiger partial charge in [0, 0.05) is 70.4 Å². The van der Waals surface area contributed by atoms with E-state index in [9.17, 15) is 0 Å². The minimum Gasteiger partial charge on any atom is -0.456 e. The molecule has 0 radical (unpaired) electrons. The van der Waals surface area contributed by atoms with Crippen molar-refractivity contribution in [3.8, 4) is 22.3 Å². The maximum absolute atomic E-state index is 6.59. The molecule has 0 fully saturated rings. The van der Waals surface area contributed by atoms with Gasteiger partial charge in [-0.2, -0.15) is 0 Å². The van der Waals surface area contributed by atoms with E-state index in [4.69, 9.17) is 8.83 Å². The van der Waals surface area contributed by atoms with Gasteiger partial charge in [0.05, 0.1) is 0 Å². The fourth-order valence-corrected chi connectivity index (χ4v) is 8.91. The zero-order valence-corrected chi connectivity index (χ0v) is 28.7. The van der Waals surface area contributed by atoms with Crippen molar-refractivity contribution in [1.82, 2.24) is 0 Å². The molecule has 11 aromatic rings. The molecule has 0 spiro atoms. The highest BCUT2D eigenvalue weighted by molar-refractivity contribution is 7.25. The Kier molecular flexibility index (Phi) is 6.42. The first-order chi connectivity index (χ1) is 25.7. The van der Waals surface area contributed by atoms with Gasteiger partial charge in [-0.1, -0.05) is 97.1 Å². The van der Waals surface area contributed by atoms with Crippen molar-refractivity contribution in [3.05, 3.63) is 176 Å². The average Bonchev–Trinajstić information content (AvgIpc) is 3.89. The molecular formula is C48H29NO2S. The molecule has 3 nitrogen and oxygen atoms in total. The van der Waals surface area contributed by atoms with Crippen LogP contribution >= 0.6 is 11.3 Å². The lowest BCUT2D eigenvalue weighted by molar-refractivity contribution is 0.669. The third-order valence-electron chi connectivity index (χ3n) is 10.3. The number of hydrogen-bond donors (Lipinski definition) is 0. The summed E-state index contributed by atoms with van der Waals surface area (Å²) in [5, 5.41) is 7.06. The van der Waals surface area contributed by atoms with Gasteiger partial charge >= 0.3 is 0 Å². The normalized spacial score (nSPS) is 11.8. The van der Waals surface area contributed by atoms with Gasteiger partial charge in [-0.3, -0.25) is 0 Å². The van der Waals surface area contributed by atoms with Crippen molar-refractivity contribution in [1.29, 1.82) is 0 Å². The fraction of sp³-hybridized carbons (Fsp3) is 0. The number of hydrogen-bond acceptors (Lipinski definition) is 4. The van der Waals surface area contributed by atoms with E-state index >= 15 is 0 Å². The Hall–Kier alpha value is -6.62. The predicted molar refractivity (Wildman–Crippen MR) is 219 cm³/mol. The molecule has 0 unspecified atom stereocenters. The molecule has 8 aromatic carbocycles. The van der Waals surface area contributed by atoms with E-state index in [2.05, 4.69) is 157 Å². The largest absolute Gasteiger partial charge is 0.456 e. The van der Waals surface area contributed by atoms with Crippen LogP contribution in [0.4, 0.5) is 17.1 Å². The summed E-state index contributed by atoms with van der Waals surface area (Å²) < 4.78 is 15.5. The molecule has 3 aromatic heterocycles. The van der Waals surface area contributed by atoms with Gasteiger partial charge in [0.2, 0.25) is 0 Å². The number of thiophene rings is 1. The van der Waals surface area contributed by atoms with Crippen LogP contribution < -0.4 is 4.90 Å². The van der Waals surface area contributed by atoms with Crippen LogP contribution in [0.3, 0.4) is 0 Å². The third kappa shape index (κ3) is 4.58. The highest BCUT2D eigenvalue weighted by atomic mass is 32.1. The van der Waals surface area contributed by atoms with Crippen LogP contribution in [0.1, 0.15) is 0 Å². The van der Waals surface area contributed by atoms with Gasteiger partial charge in [-0.25, -0.2) is 0 Å². The lowest BCUT2D eigenvalue weighted by Gasteiger charge is -2.25. The van der Waals surface area contributed by atoms with E-state index in [-0.39, 0.29) is 0 Å². The molecule has 3 heterocycles. The van der Waals surface area contributed by atoms with Crippen LogP contribution in [0, 0.1) is 0 Å². The first-order valence-corrected chi connectivity index (χ1v) is 18.3. The number of benzene rings is 8. The quantitative estimate of drug-likeness (QED) is 0.181. The van der Waals surface area contributed by atoms with Crippen molar-refractivity contribution >= 4 is 92.4 Å². The summed E-state index contributed by atoms with van der Waals surface area (Å²) in [6.45, 7) is 0. The summed E-state index contributed by atoms with van der Waals surface area (Å²) in [6.07, 6.45) is 0. The molecule has 0 N–H and O–H groups in total. The van der Waals surface area contributed by atoms with Crippen LogP contribution in [-0.2, 0) is 0 Å². The van der Waals surface area contributed by atoms with E-state index in [0.717, 1.165) is 77.6 Å². The molecule has 4 heteroatoms. The lowest BCUT2D eigenvalue weighted by atomic mass is 9.99. The fourth-order valence-electron chi connectivity index (χ4n) is 7.78. The molecule has 0 atom stereocenters. The van der Waals surface area contributed by atoms with Crippen molar-refractivity contribution in [2.45, 2.75) is 0 Å². The summed E-state index contributed by atoms with van der Waals surface area (Å²) >= 11 is 1.84. The molecule has 0 aliphatic carbocycles. The van der Waals surface area contributed by atoms with Gasteiger partial charge < -0.3 is 13.7 Å². The molecule has 0 saturated carbocycles. The van der Waals surface area contributed by atoms with Gasteiger partial charge in [0.15, 0.2) is 0 Å². The zero-order chi connectivity index (χ0) is 34.2. The summed E-state index contributed by atoms with van der Waals surface area (Å²) in [5.74, 6) is 0. The molecule has 0 aliphatic rings. The van der Waals surface area contributed by atoms with E-state index in [1.807, 2.05) is 35.6 Å². The molecule has 244 valence electrons. The van der Waals surface area contributed by atoms with Crippen molar-refractivity contribution in [2.24, 2.45) is 0 Å². The van der Waals surface area contributed by atoms with E-state index in [1.165, 1.54) is 25.7 Å². The lowest BCUT2D eigenvalue weighted by Crippen LogP contribution is -2.09. The second-order valence-corrected chi connectivity index (χ2v) is 14.4. The van der Waals surface area contributed by atoms with Gasteiger partial charge in [-0.15, -0.1) is 11.3 Å². The van der Waals surface area contributed by atoms with Crippen LogP contribution in [-0.4, -0.2) is 0 Å². The predicted octanol–water partition coefficient (Wildman–Crippen LogP) is 14.7. The SMILES string of the molecule is c1ccc(N(c2ccccc2)c2ccc3c(c2)oc2cc(-c4ccc5sc6cc(-c7cccc8c7oc7ccccc78)ccc6c5c4)ccc23)cc1. The van der Waals surface area contributed by atoms with E-state index < -0.39 is 0 Å². The molecule has 0 bridgehead atoms. The Balaban J connectivity index is 0.971. The Labute approximate surface area is 303 Å². The summed E-state index contributed by atoms with van der Waals surface area (Å²) in [6, 6.07) is 62.4. The van der Waals surface area contributed by atoms with Crippen LogP contribution in [0.25, 0.3) is 86.3 Å². The van der Waals surface area contributed by atoms with E-state index in [1.54, 1.807) is 0 Å². The summed E-state index contributed by atoms with van der Waals surface area (Å²) in [7, 11) is 0. The first-order valence-electron chi connectivity index (χ1n) is 17.5. The zero-order valence-electron chi connectivity index (χ0n) is 27.9. The van der Waals surface area contributed by atoms with Crippen LogP contribution in [0.15, 0.2) is 185 Å². The van der Waals surface area contributed by atoms with Gasteiger partial charge in [-0.05, 0) is 89.5 Å². The third-order valence-corrected chi connectivity index (χ3v) is 11.4. The summed E-state index contributed by atoms with van der Waals surface area (Å²) in [5.41, 5.74) is 11.5. The molecular weight excluding hydrogens is 655 g/mol. The van der Waals surface area contributed by atoms with Gasteiger partial charge in [0.1, 0.15) is 22.3 Å². The number of furan rings is 2. The maximum Gasteiger partial charge on any atom is 0.143 e. The Morgan fingerprint density at radius 2 is 0.981 bits per heavy atom. The Morgan fingerprint density at radius 1 is 0.346 bits per heavy atom. The van der Waals surface area contributed by atoms with Crippen molar-refractivity contribution < 1.29 is 8.83 Å².